The first-order valence-electron chi connectivity index (χ1n) is 4.17. The predicted octanol–water partition coefficient (Wildman–Crippen LogP) is 0.815. The lowest BCUT2D eigenvalue weighted by Crippen LogP contribution is -2.15. The monoisotopic (exact) mass is 187 g/mol. The SMILES string of the molecule is Nc1cc(-n2ccccc2=O)ccn1. The molecule has 14 heavy (non-hydrogen) atoms. The van der Waals surface area contributed by atoms with Crippen molar-refractivity contribution in [3.05, 3.63) is 53.1 Å². The van der Waals surface area contributed by atoms with Gasteiger partial charge in [-0.1, -0.05) is 6.07 Å². The summed E-state index contributed by atoms with van der Waals surface area (Å²) >= 11 is 0. The smallest absolute Gasteiger partial charge is 0.255 e. The molecule has 0 aliphatic carbocycles. The summed E-state index contributed by atoms with van der Waals surface area (Å²) < 4.78 is 1.51. The Bertz CT molecular complexity index is 504. The summed E-state index contributed by atoms with van der Waals surface area (Å²) in [5.74, 6) is 0.401. The summed E-state index contributed by atoms with van der Waals surface area (Å²) in [5, 5.41) is 0. The standard InChI is InChI=1S/C10H9N3O/c11-9-7-8(4-5-12-9)13-6-2-1-3-10(13)14/h1-7H,(H2,11,12). The number of nitrogen functional groups attached to an aromatic ring is 1. The van der Waals surface area contributed by atoms with Gasteiger partial charge in [-0.3, -0.25) is 9.36 Å². The Morgan fingerprint density at radius 2 is 2.14 bits per heavy atom. The lowest BCUT2D eigenvalue weighted by atomic mass is 10.3. The second kappa shape index (κ2) is 3.33. The van der Waals surface area contributed by atoms with Crippen LogP contribution < -0.4 is 11.3 Å². The second-order valence-electron chi connectivity index (χ2n) is 2.85. The molecule has 4 heteroatoms. The summed E-state index contributed by atoms with van der Waals surface area (Å²) in [6.45, 7) is 0. The topological polar surface area (TPSA) is 60.9 Å². The fourth-order valence-corrected chi connectivity index (χ4v) is 1.23. The first-order valence-corrected chi connectivity index (χ1v) is 4.17. The summed E-state index contributed by atoms with van der Waals surface area (Å²) in [5.41, 5.74) is 6.16. The number of rotatable bonds is 1. The maximum atomic E-state index is 11.4. The number of pyridine rings is 2. The molecule has 0 radical (unpaired) electrons. The van der Waals surface area contributed by atoms with Crippen molar-refractivity contribution >= 4 is 5.82 Å². The average Bonchev–Trinajstić information content (AvgIpc) is 2.18. The molecular weight excluding hydrogens is 178 g/mol. The highest BCUT2D eigenvalue weighted by Crippen LogP contribution is 2.06. The lowest BCUT2D eigenvalue weighted by Gasteiger charge is -2.04. The third-order valence-electron chi connectivity index (χ3n) is 1.87. The van der Waals surface area contributed by atoms with Gasteiger partial charge in [0.2, 0.25) is 0 Å². The molecule has 0 fully saturated rings. The van der Waals surface area contributed by atoms with Crippen LogP contribution in [0, 0.1) is 0 Å². The van der Waals surface area contributed by atoms with E-state index < -0.39 is 0 Å². The Morgan fingerprint density at radius 1 is 1.29 bits per heavy atom. The van der Waals surface area contributed by atoms with Crippen molar-refractivity contribution in [2.45, 2.75) is 0 Å². The minimum atomic E-state index is -0.0851. The fraction of sp³-hybridized carbons (Fsp3) is 0. The molecule has 2 heterocycles. The molecule has 0 aliphatic rings. The van der Waals surface area contributed by atoms with E-state index in [2.05, 4.69) is 4.98 Å². The van der Waals surface area contributed by atoms with Crippen LogP contribution in [0.15, 0.2) is 47.5 Å². The molecule has 0 spiro atoms. The van der Waals surface area contributed by atoms with Crippen LogP contribution in [0.4, 0.5) is 5.82 Å². The zero-order valence-electron chi connectivity index (χ0n) is 7.42. The van der Waals surface area contributed by atoms with Crippen molar-refractivity contribution in [3.8, 4) is 5.69 Å². The highest BCUT2D eigenvalue weighted by Gasteiger charge is 1.97. The summed E-state index contributed by atoms with van der Waals surface area (Å²) in [7, 11) is 0. The van der Waals surface area contributed by atoms with Crippen molar-refractivity contribution < 1.29 is 0 Å². The van der Waals surface area contributed by atoms with Crippen molar-refractivity contribution in [1.82, 2.24) is 9.55 Å². The molecular formula is C10H9N3O. The van der Waals surface area contributed by atoms with Gasteiger partial charge >= 0.3 is 0 Å². The van der Waals surface area contributed by atoms with Crippen LogP contribution in [0.25, 0.3) is 5.69 Å². The quantitative estimate of drug-likeness (QED) is 0.718. The van der Waals surface area contributed by atoms with E-state index in [1.165, 1.54) is 10.6 Å². The molecule has 2 N–H and O–H groups in total. The van der Waals surface area contributed by atoms with E-state index in [0.29, 0.717) is 5.82 Å². The number of aromatic nitrogens is 2. The Labute approximate surface area is 80.6 Å². The zero-order chi connectivity index (χ0) is 9.97. The molecule has 2 rings (SSSR count). The van der Waals surface area contributed by atoms with Gasteiger partial charge in [0.1, 0.15) is 5.82 Å². The third-order valence-corrected chi connectivity index (χ3v) is 1.87. The van der Waals surface area contributed by atoms with Crippen LogP contribution in [0.1, 0.15) is 0 Å². The number of hydrogen-bond acceptors (Lipinski definition) is 3. The second-order valence-corrected chi connectivity index (χ2v) is 2.85. The maximum absolute atomic E-state index is 11.4. The molecule has 2 aromatic rings. The van der Waals surface area contributed by atoms with E-state index in [4.69, 9.17) is 5.73 Å². The van der Waals surface area contributed by atoms with Crippen molar-refractivity contribution in [2.24, 2.45) is 0 Å². The first-order chi connectivity index (χ1) is 6.77. The Kier molecular flexibility index (Phi) is 2.02. The van der Waals surface area contributed by atoms with Crippen LogP contribution in [-0.4, -0.2) is 9.55 Å². The third kappa shape index (κ3) is 1.50. The van der Waals surface area contributed by atoms with Gasteiger partial charge in [0.05, 0.1) is 5.69 Å². The molecule has 0 aliphatic heterocycles. The minimum Gasteiger partial charge on any atom is -0.384 e. The van der Waals surface area contributed by atoms with E-state index in [-0.39, 0.29) is 5.56 Å². The molecule has 4 nitrogen and oxygen atoms in total. The van der Waals surface area contributed by atoms with Crippen LogP contribution in [0.5, 0.6) is 0 Å². The van der Waals surface area contributed by atoms with E-state index >= 15 is 0 Å². The molecule has 0 unspecified atom stereocenters. The van der Waals surface area contributed by atoms with Crippen LogP contribution in [0.3, 0.4) is 0 Å². The van der Waals surface area contributed by atoms with E-state index in [1.54, 1.807) is 36.7 Å². The summed E-state index contributed by atoms with van der Waals surface area (Å²) in [6.07, 6.45) is 3.27. The first kappa shape index (κ1) is 8.50. The molecule has 2 aromatic heterocycles. The van der Waals surface area contributed by atoms with Gasteiger partial charge in [0.15, 0.2) is 0 Å². The Balaban J connectivity index is 2.61. The number of hydrogen-bond donors (Lipinski definition) is 1. The van der Waals surface area contributed by atoms with Crippen LogP contribution in [-0.2, 0) is 0 Å². The molecule has 0 saturated carbocycles. The van der Waals surface area contributed by atoms with Gasteiger partial charge in [0, 0.05) is 24.5 Å². The predicted molar refractivity (Wildman–Crippen MR) is 54.2 cm³/mol. The van der Waals surface area contributed by atoms with E-state index in [1.807, 2.05) is 0 Å². The maximum Gasteiger partial charge on any atom is 0.255 e. The Morgan fingerprint density at radius 3 is 2.86 bits per heavy atom. The molecule has 0 atom stereocenters. The molecule has 0 saturated heterocycles. The van der Waals surface area contributed by atoms with E-state index in [0.717, 1.165) is 5.69 Å². The zero-order valence-corrected chi connectivity index (χ0v) is 7.42. The molecule has 0 amide bonds. The average molecular weight is 187 g/mol. The number of nitrogens with two attached hydrogens (primary N) is 1. The molecule has 0 bridgehead atoms. The minimum absolute atomic E-state index is 0.0851. The molecule has 70 valence electrons. The largest absolute Gasteiger partial charge is 0.384 e. The number of nitrogens with zero attached hydrogens (tertiary/aromatic N) is 2. The normalized spacial score (nSPS) is 10.0. The van der Waals surface area contributed by atoms with Crippen molar-refractivity contribution in [1.29, 1.82) is 0 Å². The Hall–Kier alpha value is -2.10. The van der Waals surface area contributed by atoms with Crippen molar-refractivity contribution in [2.75, 3.05) is 5.73 Å². The van der Waals surface area contributed by atoms with Crippen LogP contribution >= 0.6 is 0 Å². The summed E-state index contributed by atoms with van der Waals surface area (Å²) in [4.78, 5) is 15.3. The lowest BCUT2D eigenvalue weighted by molar-refractivity contribution is 0.986. The number of anilines is 1. The van der Waals surface area contributed by atoms with Gasteiger partial charge in [-0.2, -0.15) is 0 Å². The molecule has 0 aromatic carbocycles. The highest BCUT2D eigenvalue weighted by atomic mass is 16.1. The highest BCUT2D eigenvalue weighted by molar-refractivity contribution is 5.41. The fourth-order valence-electron chi connectivity index (χ4n) is 1.23. The van der Waals surface area contributed by atoms with Gasteiger partial charge in [-0.15, -0.1) is 0 Å². The van der Waals surface area contributed by atoms with Gasteiger partial charge in [0.25, 0.3) is 5.56 Å². The van der Waals surface area contributed by atoms with Crippen LogP contribution in [0.2, 0.25) is 0 Å². The summed E-state index contributed by atoms with van der Waals surface area (Å²) in [6, 6.07) is 8.37. The van der Waals surface area contributed by atoms with Gasteiger partial charge in [-0.05, 0) is 12.1 Å². The van der Waals surface area contributed by atoms with E-state index in [9.17, 15) is 4.79 Å². The van der Waals surface area contributed by atoms with Crippen molar-refractivity contribution in [3.63, 3.8) is 0 Å². The van der Waals surface area contributed by atoms with Gasteiger partial charge in [-0.25, -0.2) is 4.98 Å². The van der Waals surface area contributed by atoms with Gasteiger partial charge < -0.3 is 5.73 Å².